The molecule has 0 aliphatic carbocycles. The van der Waals surface area contributed by atoms with Crippen LogP contribution in [0.3, 0.4) is 0 Å². The highest BCUT2D eigenvalue weighted by Gasteiger charge is 2.34. The fraction of sp³-hybridized carbons (Fsp3) is 0.364. The lowest BCUT2D eigenvalue weighted by atomic mass is 10.1. The van der Waals surface area contributed by atoms with Gasteiger partial charge in [-0.15, -0.1) is 0 Å². The number of pyridine rings is 1. The van der Waals surface area contributed by atoms with Gasteiger partial charge < -0.3 is 10.6 Å². The molecule has 1 aromatic rings. The molecule has 0 bridgehead atoms. The lowest BCUT2D eigenvalue weighted by Crippen LogP contribution is -2.29. The van der Waals surface area contributed by atoms with Gasteiger partial charge in [0.2, 0.25) is 11.8 Å². The molecule has 0 saturated carbocycles. The number of aromatic nitrogens is 1. The SMILES string of the molecule is Cc1nc(Br)ccc1N1CC(C(N)=O)CC1=O. The number of hydrogen-bond donors (Lipinski definition) is 1. The standard InChI is InChI=1S/C11H12BrN3O2/c1-6-8(2-3-9(12)14-6)15-5-7(11(13)17)4-10(15)16/h2-3,7H,4-5H2,1H3,(H2,13,17). The maximum atomic E-state index is 11.8. The summed E-state index contributed by atoms with van der Waals surface area (Å²) in [6.07, 6.45) is 0.185. The molecular weight excluding hydrogens is 286 g/mol. The van der Waals surface area contributed by atoms with Crippen molar-refractivity contribution in [1.29, 1.82) is 0 Å². The van der Waals surface area contributed by atoms with Crippen molar-refractivity contribution in [2.75, 3.05) is 11.4 Å². The Balaban J connectivity index is 2.29. The van der Waals surface area contributed by atoms with Gasteiger partial charge in [-0.3, -0.25) is 9.59 Å². The Morgan fingerprint density at radius 2 is 2.29 bits per heavy atom. The molecule has 17 heavy (non-hydrogen) atoms. The number of halogens is 1. The van der Waals surface area contributed by atoms with Gasteiger partial charge in [-0.1, -0.05) is 0 Å². The quantitative estimate of drug-likeness (QED) is 0.827. The minimum Gasteiger partial charge on any atom is -0.369 e. The van der Waals surface area contributed by atoms with Crippen LogP contribution in [0.25, 0.3) is 0 Å². The second kappa shape index (κ2) is 4.44. The fourth-order valence-electron chi connectivity index (χ4n) is 1.94. The third-order valence-corrected chi connectivity index (χ3v) is 3.28. The molecule has 2 rings (SSSR count). The highest BCUT2D eigenvalue weighted by Crippen LogP contribution is 2.27. The molecule has 6 heteroatoms. The Hall–Kier alpha value is -1.43. The fourth-order valence-corrected chi connectivity index (χ4v) is 2.34. The van der Waals surface area contributed by atoms with Gasteiger partial charge in [-0.25, -0.2) is 4.98 Å². The predicted octanol–water partition coefficient (Wildman–Crippen LogP) is 0.991. The molecule has 1 fully saturated rings. The van der Waals surface area contributed by atoms with Crippen LogP contribution in [0.15, 0.2) is 16.7 Å². The monoisotopic (exact) mass is 297 g/mol. The summed E-state index contributed by atoms with van der Waals surface area (Å²) in [5.74, 6) is -0.907. The Kier molecular flexibility index (Phi) is 3.15. The van der Waals surface area contributed by atoms with E-state index < -0.39 is 11.8 Å². The van der Waals surface area contributed by atoms with Crippen molar-refractivity contribution in [3.63, 3.8) is 0 Å². The Labute approximate surface area is 107 Å². The zero-order valence-electron chi connectivity index (χ0n) is 9.31. The van der Waals surface area contributed by atoms with Crippen molar-refractivity contribution >= 4 is 33.4 Å². The van der Waals surface area contributed by atoms with E-state index in [4.69, 9.17) is 5.73 Å². The van der Waals surface area contributed by atoms with Crippen molar-refractivity contribution in [2.24, 2.45) is 11.7 Å². The zero-order chi connectivity index (χ0) is 12.6. The third-order valence-electron chi connectivity index (χ3n) is 2.84. The van der Waals surface area contributed by atoms with E-state index in [-0.39, 0.29) is 12.3 Å². The first-order valence-electron chi connectivity index (χ1n) is 5.22. The van der Waals surface area contributed by atoms with Gasteiger partial charge in [0.05, 0.1) is 17.3 Å². The van der Waals surface area contributed by atoms with Gasteiger partial charge >= 0.3 is 0 Å². The molecule has 1 aromatic heterocycles. The van der Waals surface area contributed by atoms with Crippen LogP contribution in [0, 0.1) is 12.8 Å². The highest BCUT2D eigenvalue weighted by molar-refractivity contribution is 9.10. The van der Waals surface area contributed by atoms with E-state index in [9.17, 15) is 9.59 Å². The van der Waals surface area contributed by atoms with E-state index in [1.807, 2.05) is 13.0 Å². The molecule has 1 aliphatic heterocycles. The highest BCUT2D eigenvalue weighted by atomic mass is 79.9. The molecule has 1 aliphatic rings. The lowest BCUT2D eigenvalue weighted by Gasteiger charge is -2.18. The van der Waals surface area contributed by atoms with Gasteiger partial charge in [0.1, 0.15) is 4.60 Å². The average molecular weight is 298 g/mol. The third kappa shape index (κ3) is 2.31. The molecule has 5 nitrogen and oxygen atoms in total. The molecule has 1 saturated heterocycles. The molecule has 1 unspecified atom stereocenters. The number of carbonyl (C=O) groups is 2. The van der Waals surface area contributed by atoms with Crippen molar-refractivity contribution in [1.82, 2.24) is 4.98 Å². The van der Waals surface area contributed by atoms with E-state index in [0.29, 0.717) is 6.54 Å². The van der Waals surface area contributed by atoms with Gasteiger partial charge in [-0.2, -0.15) is 0 Å². The number of carbonyl (C=O) groups excluding carboxylic acids is 2. The number of anilines is 1. The van der Waals surface area contributed by atoms with Crippen LogP contribution in [-0.2, 0) is 9.59 Å². The normalized spacial score (nSPS) is 19.8. The number of aryl methyl sites for hydroxylation is 1. The van der Waals surface area contributed by atoms with Crippen LogP contribution in [0.2, 0.25) is 0 Å². The summed E-state index contributed by atoms with van der Waals surface area (Å²) in [7, 11) is 0. The molecular formula is C11H12BrN3O2. The minimum atomic E-state index is -0.427. The summed E-state index contributed by atoms with van der Waals surface area (Å²) in [4.78, 5) is 28.7. The first kappa shape index (κ1) is 12.0. The van der Waals surface area contributed by atoms with E-state index >= 15 is 0 Å². The van der Waals surface area contributed by atoms with Gasteiger partial charge in [0, 0.05) is 13.0 Å². The van der Waals surface area contributed by atoms with Crippen molar-refractivity contribution in [2.45, 2.75) is 13.3 Å². The van der Waals surface area contributed by atoms with Gasteiger partial charge in [0.15, 0.2) is 0 Å². The molecule has 90 valence electrons. The minimum absolute atomic E-state index is 0.0824. The van der Waals surface area contributed by atoms with Crippen molar-refractivity contribution in [3.05, 3.63) is 22.4 Å². The van der Waals surface area contributed by atoms with Crippen LogP contribution >= 0.6 is 15.9 Å². The number of nitrogens with two attached hydrogens (primary N) is 1. The van der Waals surface area contributed by atoms with Crippen LogP contribution in [0.1, 0.15) is 12.1 Å². The second-order valence-electron chi connectivity index (χ2n) is 4.05. The maximum Gasteiger partial charge on any atom is 0.227 e. The van der Waals surface area contributed by atoms with Crippen LogP contribution in [0.4, 0.5) is 5.69 Å². The smallest absolute Gasteiger partial charge is 0.227 e. The Bertz CT molecular complexity index is 490. The maximum absolute atomic E-state index is 11.8. The topological polar surface area (TPSA) is 76.3 Å². The Morgan fingerprint density at radius 3 is 2.82 bits per heavy atom. The van der Waals surface area contributed by atoms with E-state index in [1.165, 1.54) is 0 Å². The summed E-state index contributed by atoms with van der Waals surface area (Å²) in [5.41, 5.74) is 6.71. The summed E-state index contributed by atoms with van der Waals surface area (Å²) < 4.78 is 0.719. The molecule has 2 amide bonds. The average Bonchev–Trinajstić information content (AvgIpc) is 2.61. The molecule has 0 radical (unpaired) electrons. The number of nitrogens with zero attached hydrogens (tertiary/aromatic N) is 2. The zero-order valence-corrected chi connectivity index (χ0v) is 10.9. The Morgan fingerprint density at radius 1 is 1.59 bits per heavy atom. The van der Waals surface area contributed by atoms with Gasteiger partial charge in [-0.05, 0) is 35.0 Å². The second-order valence-corrected chi connectivity index (χ2v) is 4.86. The summed E-state index contributed by atoms with van der Waals surface area (Å²) in [6.45, 7) is 2.17. The van der Waals surface area contributed by atoms with E-state index in [0.717, 1.165) is 16.0 Å². The van der Waals surface area contributed by atoms with E-state index in [2.05, 4.69) is 20.9 Å². The first-order valence-corrected chi connectivity index (χ1v) is 6.01. The molecule has 2 N–H and O–H groups in total. The molecule has 2 heterocycles. The summed E-state index contributed by atoms with van der Waals surface area (Å²) in [5, 5.41) is 0. The molecule has 1 atom stereocenters. The molecule has 0 spiro atoms. The number of rotatable bonds is 2. The number of hydrogen-bond acceptors (Lipinski definition) is 3. The molecule has 0 aromatic carbocycles. The van der Waals surface area contributed by atoms with E-state index in [1.54, 1.807) is 11.0 Å². The predicted molar refractivity (Wildman–Crippen MR) is 66.3 cm³/mol. The van der Waals surface area contributed by atoms with Crippen LogP contribution in [0.5, 0.6) is 0 Å². The van der Waals surface area contributed by atoms with Gasteiger partial charge in [0.25, 0.3) is 0 Å². The van der Waals surface area contributed by atoms with Crippen LogP contribution in [-0.4, -0.2) is 23.3 Å². The van der Waals surface area contributed by atoms with Crippen LogP contribution < -0.4 is 10.6 Å². The largest absolute Gasteiger partial charge is 0.369 e. The summed E-state index contributed by atoms with van der Waals surface area (Å²) in [6, 6.07) is 3.58. The van der Waals surface area contributed by atoms with Crippen molar-refractivity contribution in [3.8, 4) is 0 Å². The number of primary amides is 1. The van der Waals surface area contributed by atoms with Crippen molar-refractivity contribution < 1.29 is 9.59 Å². The number of amides is 2. The summed E-state index contributed by atoms with van der Waals surface area (Å²) >= 11 is 3.27. The lowest BCUT2D eigenvalue weighted by molar-refractivity contribution is -0.123. The first-order chi connectivity index (χ1) is 7.99.